The molecule has 1 aromatic rings. The minimum atomic E-state index is 0.153. The molecule has 0 aliphatic heterocycles. The Morgan fingerprint density at radius 3 is 2.33 bits per heavy atom. The maximum Gasteiger partial charge on any atom is 0.236 e. The summed E-state index contributed by atoms with van der Waals surface area (Å²) in [5.41, 5.74) is 1.23. The van der Waals surface area contributed by atoms with Crippen LogP contribution in [0.1, 0.15) is 18.9 Å². The Morgan fingerprint density at radius 2 is 1.83 bits per heavy atom. The van der Waals surface area contributed by atoms with Gasteiger partial charge in [0.1, 0.15) is 0 Å². The van der Waals surface area contributed by atoms with Crippen molar-refractivity contribution in [1.82, 2.24) is 9.80 Å². The van der Waals surface area contributed by atoms with Gasteiger partial charge in [-0.05, 0) is 30.7 Å². The Hall–Kier alpha value is -0.870. The lowest BCUT2D eigenvalue weighted by atomic mass is 10.2. The van der Waals surface area contributed by atoms with Crippen LogP contribution in [-0.4, -0.2) is 42.9 Å². The minimum absolute atomic E-state index is 0.153. The number of rotatable bonds is 6. The van der Waals surface area contributed by atoms with Crippen LogP contribution in [0.2, 0.25) is 0 Å². The molecule has 3 nitrogen and oxygen atoms in total. The van der Waals surface area contributed by atoms with Gasteiger partial charge in [-0.15, -0.1) is 0 Å². The van der Waals surface area contributed by atoms with Gasteiger partial charge in [-0.1, -0.05) is 35.0 Å². The number of likely N-dealkylation sites (N-methyl/N-ethyl adjacent to an activating group) is 1. The van der Waals surface area contributed by atoms with E-state index in [-0.39, 0.29) is 5.91 Å². The normalized spacial score (nSPS) is 10.7. The fraction of sp³-hybridized carbons (Fsp3) is 0.500. The van der Waals surface area contributed by atoms with Crippen LogP contribution < -0.4 is 0 Å². The fourth-order valence-corrected chi connectivity index (χ4v) is 1.98. The first-order valence-corrected chi connectivity index (χ1v) is 6.99. The Labute approximate surface area is 118 Å². The smallest absolute Gasteiger partial charge is 0.236 e. The van der Waals surface area contributed by atoms with Crippen molar-refractivity contribution >= 4 is 21.8 Å². The highest BCUT2D eigenvalue weighted by Crippen LogP contribution is 2.12. The molecular formula is C14H21BrN2O. The van der Waals surface area contributed by atoms with Crippen molar-refractivity contribution < 1.29 is 4.79 Å². The Bertz CT molecular complexity index is 376. The fourth-order valence-electron chi connectivity index (χ4n) is 1.71. The van der Waals surface area contributed by atoms with Gasteiger partial charge in [0.25, 0.3) is 0 Å². The van der Waals surface area contributed by atoms with Crippen LogP contribution in [0.5, 0.6) is 0 Å². The summed E-state index contributed by atoms with van der Waals surface area (Å²) in [6, 6.07) is 8.25. The van der Waals surface area contributed by atoms with Crippen LogP contribution >= 0.6 is 15.9 Å². The minimum Gasteiger partial charge on any atom is -0.348 e. The summed E-state index contributed by atoms with van der Waals surface area (Å²) in [7, 11) is 3.60. The molecule has 0 N–H and O–H groups in total. The number of benzene rings is 1. The number of hydrogen-bond donors (Lipinski definition) is 0. The quantitative estimate of drug-likeness (QED) is 0.806. The molecule has 100 valence electrons. The lowest BCUT2D eigenvalue weighted by molar-refractivity contribution is -0.130. The molecular weight excluding hydrogens is 292 g/mol. The lowest BCUT2D eigenvalue weighted by Crippen LogP contribution is -2.36. The van der Waals surface area contributed by atoms with Crippen molar-refractivity contribution in [2.75, 3.05) is 27.2 Å². The zero-order chi connectivity index (χ0) is 13.5. The van der Waals surface area contributed by atoms with Gasteiger partial charge in [-0.2, -0.15) is 0 Å². The average Bonchev–Trinajstić information content (AvgIpc) is 2.32. The van der Waals surface area contributed by atoms with Gasteiger partial charge in [0, 0.05) is 25.1 Å². The molecule has 0 saturated carbocycles. The molecule has 0 bridgehead atoms. The van der Waals surface area contributed by atoms with Crippen LogP contribution in [0.4, 0.5) is 0 Å². The molecule has 0 aliphatic carbocycles. The van der Waals surface area contributed by atoms with Crippen molar-refractivity contribution in [2.24, 2.45) is 0 Å². The van der Waals surface area contributed by atoms with Gasteiger partial charge in [0.2, 0.25) is 5.91 Å². The first kappa shape index (κ1) is 15.2. The highest BCUT2D eigenvalue weighted by Gasteiger charge is 2.11. The number of carbonyl (C=O) groups excluding carboxylic acids is 1. The van der Waals surface area contributed by atoms with Crippen LogP contribution in [-0.2, 0) is 11.3 Å². The van der Waals surface area contributed by atoms with E-state index in [0.717, 1.165) is 24.0 Å². The SMILES string of the molecule is CCCN(CC(=O)N(C)C)Cc1ccc(Br)cc1. The Morgan fingerprint density at radius 1 is 1.22 bits per heavy atom. The van der Waals surface area contributed by atoms with Crippen molar-refractivity contribution in [3.63, 3.8) is 0 Å². The highest BCUT2D eigenvalue weighted by molar-refractivity contribution is 9.10. The van der Waals surface area contributed by atoms with Gasteiger partial charge in [-0.3, -0.25) is 9.69 Å². The molecule has 1 amide bonds. The van der Waals surface area contributed by atoms with Gasteiger partial charge in [0.05, 0.1) is 6.54 Å². The number of halogens is 1. The van der Waals surface area contributed by atoms with Crippen LogP contribution in [0.3, 0.4) is 0 Å². The van der Waals surface area contributed by atoms with E-state index in [9.17, 15) is 4.79 Å². The average molecular weight is 313 g/mol. The number of hydrogen-bond acceptors (Lipinski definition) is 2. The maximum atomic E-state index is 11.7. The van der Waals surface area contributed by atoms with Crippen LogP contribution in [0, 0.1) is 0 Å². The monoisotopic (exact) mass is 312 g/mol. The third kappa shape index (κ3) is 5.19. The van der Waals surface area contributed by atoms with Crippen LogP contribution in [0.15, 0.2) is 28.7 Å². The topological polar surface area (TPSA) is 23.6 Å². The molecule has 18 heavy (non-hydrogen) atoms. The second-order valence-corrected chi connectivity index (χ2v) is 5.54. The van der Waals surface area contributed by atoms with E-state index in [4.69, 9.17) is 0 Å². The molecule has 0 heterocycles. The van der Waals surface area contributed by atoms with Gasteiger partial charge >= 0.3 is 0 Å². The first-order valence-electron chi connectivity index (χ1n) is 6.20. The van der Waals surface area contributed by atoms with Gasteiger partial charge < -0.3 is 4.90 Å². The summed E-state index contributed by atoms with van der Waals surface area (Å²) in [5, 5.41) is 0. The summed E-state index contributed by atoms with van der Waals surface area (Å²) in [6.07, 6.45) is 1.05. The third-order valence-electron chi connectivity index (χ3n) is 2.72. The molecule has 0 saturated heterocycles. The largest absolute Gasteiger partial charge is 0.348 e. The van der Waals surface area contributed by atoms with Crippen LogP contribution in [0.25, 0.3) is 0 Å². The Kier molecular flexibility index (Phi) is 6.36. The van der Waals surface area contributed by atoms with E-state index in [0.29, 0.717) is 6.54 Å². The molecule has 0 spiro atoms. The molecule has 0 aliphatic rings. The lowest BCUT2D eigenvalue weighted by Gasteiger charge is -2.23. The van der Waals surface area contributed by atoms with E-state index < -0.39 is 0 Å². The molecule has 0 unspecified atom stereocenters. The second kappa shape index (κ2) is 7.54. The number of amides is 1. The summed E-state index contributed by atoms with van der Waals surface area (Å²) >= 11 is 3.43. The summed E-state index contributed by atoms with van der Waals surface area (Å²) in [4.78, 5) is 15.6. The zero-order valence-electron chi connectivity index (χ0n) is 11.3. The van der Waals surface area contributed by atoms with E-state index in [2.05, 4.69) is 39.9 Å². The molecule has 0 atom stereocenters. The molecule has 1 aromatic carbocycles. The molecule has 4 heteroatoms. The van der Waals surface area contributed by atoms with E-state index in [1.165, 1.54) is 5.56 Å². The summed E-state index contributed by atoms with van der Waals surface area (Å²) in [5.74, 6) is 0.153. The molecule has 1 rings (SSSR count). The van der Waals surface area contributed by atoms with E-state index in [1.807, 2.05) is 12.1 Å². The molecule has 0 aromatic heterocycles. The predicted molar refractivity (Wildman–Crippen MR) is 78.4 cm³/mol. The molecule has 0 radical (unpaired) electrons. The van der Waals surface area contributed by atoms with Crippen molar-refractivity contribution in [1.29, 1.82) is 0 Å². The highest BCUT2D eigenvalue weighted by atomic mass is 79.9. The van der Waals surface area contributed by atoms with Crippen molar-refractivity contribution in [2.45, 2.75) is 19.9 Å². The summed E-state index contributed by atoms with van der Waals surface area (Å²) < 4.78 is 1.08. The van der Waals surface area contributed by atoms with E-state index in [1.54, 1.807) is 19.0 Å². The van der Waals surface area contributed by atoms with Crippen molar-refractivity contribution in [3.05, 3.63) is 34.3 Å². The van der Waals surface area contributed by atoms with Crippen molar-refractivity contribution in [3.8, 4) is 0 Å². The van der Waals surface area contributed by atoms with Gasteiger partial charge in [-0.25, -0.2) is 0 Å². The predicted octanol–water partition coefficient (Wildman–Crippen LogP) is 2.75. The van der Waals surface area contributed by atoms with E-state index >= 15 is 0 Å². The number of carbonyl (C=O) groups is 1. The first-order chi connectivity index (χ1) is 8.52. The second-order valence-electron chi connectivity index (χ2n) is 4.63. The Balaban J connectivity index is 2.62. The maximum absolute atomic E-state index is 11.7. The standard InChI is InChI=1S/C14H21BrN2O/c1-4-9-17(11-14(18)16(2)3)10-12-5-7-13(15)8-6-12/h5-8H,4,9-11H2,1-3H3. The third-order valence-corrected chi connectivity index (χ3v) is 3.25. The molecule has 0 fully saturated rings. The number of nitrogens with zero attached hydrogens (tertiary/aromatic N) is 2. The van der Waals surface area contributed by atoms with Gasteiger partial charge in [0.15, 0.2) is 0 Å². The zero-order valence-corrected chi connectivity index (χ0v) is 12.9. The summed E-state index contributed by atoms with van der Waals surface area (Å²) in [6.45, 7) is 4.38.